The second-order valence-electron chi connectivity index (χ2n) is 6.51. The van der Waals surface area contributed by atoms with Gasteiger partial charge in [-0.3, -0.25) is 4.79 Å². The maximum atomic E-state index is 12.4. The predicted molar refractivity (Wildman–Crippen MR) is 67.8 cm³/mol. The Labute approximate surface area is 104 Å². The van der Waals surface area contributed by atoms with E-state index < -0.39 is 0 Å². The highest BCUT2D eigenvalue weighted by molar-refractivity contribution is 5.79. The smallest absolute Gasteiger partial charge is 0.314 e. The number of carbonyl (C=O) groups is 1. The third kappa shape index (κ3) is 2.65. The fraction of sp³-hybridized carbons (Fsp3) is 0.929. The molecule has 2 rings (SSSR count). The van der Waals surface area contributed by atoms with Gasteiger partial charge in [0.2, 0.25) is 0 Å². The summed E-state index contributed by atoms with van der Waals surface area (Å²) in [5.74, 6) is 0.0238. The van der Waals surface area contributed by atoms with Gasteiger partial charge in [0.15, 0.2) is 0 Å². The van der Waals surface area contributed by atoms with Gasteiger partial charge in [0, 0.05) is 6.04 Å². The van der Waals surface area contributed by atoms with Gasteiger partial charge in [0.05, 0.1) is 5.41 Å². The van der Waals surface area contributed by atoms with Crippen LogP contribution < -0.4 is 5.32 Å². The van der Waals surface area contributed by atoms with Crippen molar-refractivity contribution in [2.45, 2.75) is 70.9 Å². The molecule has 1 atom stereocenters. The van der Waals surface area contributed by atoms with Gasteiger partial charge in [-0.1, -0.05) is 12.8 Å². The Kier molecular flexibility index (Phi) is 3.48. The lowest BCUT2D eigenvalue weighted by atomic mass is 9.62. The van der Waals surface area contributed by atoms with Crippen molar-refractivity contribution in [2.24, 2.45) is 5.41 Å². The number of piperidine rings is 1. The summed E-state index contributed by atoms with van der Waals surface area (Å²) in [5, 5.41) is 3.53. The van der Waals surface area contributed by atoms with Crippen LogP contribution in [-0.4, -0.2) is 24.2 Å². The van der Waals surface area contributed by atoms with Gasteiger partial charge in [-0.05, 0) is 53.0 Å². The molecule has 0 aromatic rings. The van der Waals surface area contributed by atoms with E-state index in [0.717, 1.165) is 32.2 Å². The number of hydrogen-bond donors (Lipinski definition) is 1. The topological polar surface area (TPSA) is 38.3 Å². The zero-order valence-corrected chi connectivity index (χ0v) is 11.3. The monoisotopic (exact) mass is 239 g/mol. The normalized spacial score (nSPS) is 28.3. The molecule has 0 amide bonds. The average Bonchev–Trinajstić information content (AvgIpc) is 2.14. The summed E-state index contributed by atoms with van der Waals surface area (Å²) in [6, 6.07) is 0.347. The molecule has 1 aliphatic heterocycles. The highest BCUT2D eigenvalue weighted by atomic mass is 16.6. The standard InChI is InChI=1S/C14H25NO2/c1-13(2,3)17-12(16)14(8-6-9-14)11-7-4-5-10-15-11/h11,15H,4-10H2,1-3H3. The third-order valence-corrected chi connectivity index (χ3v) is 4.03. The van der Waals surface area contributed by atoms with Crippen LogP contribution in [0.3, 0.4) is 0 Å². The Hall–Kier alpha value is -0.570. The number of esters is 1. The van der Waals surface area contributed by atoms with E-state index in [9.17, 15) is 4.79 Å². The second-order valence-corrected chi connectivity index (χ2v) is 6.51. The number of ether oxygens (including phenoxy) is 1. The molecule has 1 saturated heterocycles. The summed E-state index contributed by atoms with van der Waals surface area (Å²) in [5.41, 5.74) is -0.581. The minimum absolute atomic E-state index is 0.0238. The minimum atomic E-state index is -0.367. The van der Waals surface area contributed by atoms with Crippen molar-refractivity contribution in [3.05, 3.63) is 0 Å². The summed E-state index contributed by atoms with van der Waals surface area (Å²) >= 11 is 0. The third-order valence-electron chi connectivity index (χ3n) is 4.03. The fourth-order valence-corrected chi connectivity index (χ4v) is 2.96. The van der Waals surface area contributed by atoms with Gasteiger partial charge in [0.25, 0.3) is 0 Å². The van der Waals surface area contributed by atoms with Crippen LogP contribution in [0.1, 0.15) is 59.3 Å². The SMILES string of the molecule is CC(C)(C)OC(=O)C1(C2CCCCN2)CCC1. The van der Waals surface area contributed by atoms with Crippen molar-refractivity contribution in [3.8, 4) is 0 Å². The van der Waals surface area contributed by atoms with Crippen molar-refractivity contribution >= 4 is 5.97 Å². The summed E-state index contributed by atoms with van der Waals surface area (Å²) in [7, 11) is 0. The van der Waals surface area contributed by atoms with Gasteiger partial charge in [-0.2, -0.15) is 0 Å². The van der Waals surface area contributed by atoms with Crippen molar-refractivity contribution in [2.75, 3.05) is 6.54 Å². The first-order valence-corrected chi connectivity index (χ1v) is 6.91. The summed E-state index contributed by atoms with van der Waals surface area (Å²) in [6.45, 7) is 6.90. The molecule has 2 aliphatic rings. The number of nitrogens with one attached hydrogen (secondary N) is 1. The van der Waals surface area contributed by atoms with Gasteiger partial charge < -0.3 is 10.1 Å². The molecule has 1 saturated carbocycles. The van der Waals surface area contributed by atoms with E-state index in [2.05, 4.69) is 5.32 Å². The van der Waals surface area contributed by atoms with Crippen LogP contribution in [0.5, 0.6) is 0 Å². The lowest BCUT2D eigenvalue weighted by Gasteiger charge is -2.48. The molecule has 0 aromatic heterocycles. The summed E-state index contributed by atoms with van der Waals surface area (Å²) < 4.78 is 5.62. The van der Waals surface area contributed by atoms with Crippen LogP contribution in [0.4, 0.5) is 0 Å². The molecular weight excluding hydrogens is 214 g/mol. The van der Waals surface area contributed by atoms with Crippen molar-refractivity contribution in [1.29, 1.82) is 0 Å². The first-order valence-electron chi connectivity index (χ1n) is 6.91. The maximum absolute atomic E-state index is 12.4. The van der Waals surface area contributed by atoms with E-state index in [1.54, 1.807) is 0 Å². The number of hydrogen-bond acceptors (Lipinski definition) is 3. The molecule has 0 bridgehead atoms. The molecule has 3 heteroatoms. The molecular formula is C14H25NO2. The summed E-state index contributed by atoms with van der Waals surface area (Å²) in [4.78, 5) is 12.4. The van der Waals surface area contributed by atoms with E-state index in [0.29, 0.717) is 6.04 Å². The molecule has 0 radical (unpaired) electrons. The van der Waals surface area contributed by atoms with Gasteiger partial charge in [0.1, 0.15) is 5.60 Å². The van der Waals surface area contributed by atoms with Crippen LogP contribution in [0.25, 0.3) is 0 Å². The van der Waals surface area contributed by atoms with E-state index >= 15 is 0 Å². The van der Waals surface area contributed by atoms with Crippen molar-refractivity contribution in [3.63, 3.8) is 0 Å². The van der Waals surface area contributed by atoms with Gasteiger partial charge in [-0.25, -0.2) is 0 Å². The molecule has 3 nitrogen and oxygen atoms in total. The molecule has 1 unspecified atom stereocenters. The Morgan fingerprint density at radius 3 is 2.35 bits per heavy atom. The van der Waals surface area contributed by atoms with Crippen LogP contribution in [0.15, 0.2) is 0 Å². The van der Waals surface area contributed by atoms with E-state index in [1.165, 1.54) is 12.8 Å². The van der Waals surface area contributed by atoms with E-state index in [1.807, 2.05) is 20.8 Å². The fourth-order valence-electron chi connectivity index (χ4n) is 2.96. The zero-order valence-electron chi connectivity index (χ0n) is 11.3. The molecule has 1 aliphatic carbocycles. The second kappa shape index (κ2) is 4.60. The highest BCUT2D eigenvalue weighted by Crippen LogP contribution is 2.47. The minimum Gasteiger partial charge on any atom is -0.459 e. The van der Waals surface area contributed by atoms with Crippen LogP contribution >= 0.6 is 0 Å². The molecule has 98 valence electrons. The molecule has 0 aromatic carbocycles. The first kappa shape index (κ1) is 12.9. The molecule has 0 spiro atoms. The number of rotatable bonds is 2. The Balaban J connectivity index is 2.05. The average molecular weight is 239 g/mol. The largest absolute Gasteiger partial charge is 0.459 e. The number of carbonyl (C=O) groups excluding carboxylic acids is 1. The maximum Gasteiger partial charge on any atom is 0.314 e. The molecule has 17 heavy (non-hydrogen) atoms. The van der Waals surface area contributed by atoms with E-state index in [4.69, 9.17) is 4.74 Å². The predicted octanol–water partition coefficient (Wildman–Crippen LogP) is 2.64. The van der Waals surface area contributed by atoms with Crippen molar-refractivity contribution in [1.82, 2.24) is 5.32 Å². The molecule has 1 N–H and O–H groups in total. The van der Waals surface area contributed by atoms with Gasteiger partial charge in [-0.15, -0.1) is 0 Å². The lowest BCUT2D eigenvalue weighted by molar-refractivity contribution is -0.177. The molecule has 2 fully saturated rings. The highest BCUT2D eigenvalue weighted by Gasteiger charge is 2.52. The van der Waals surface area contributed by atoms with Crippen LogP contribution in [0, 0.1) is 5.41 Å². The van der Waals surface area contributed by atoms with Crippen LogP contribution in [-0.2, 0) is 9.53 Å². The lowest BCUT2D eigenvalue weighted by Crippen LogP contribution is -2.57. The Morgan fingerprint density at radius 1 is 1.24 bits per heavy atom. The molecule has 1 heterocycles. The first-order chi connectivity index (χ1) is 7.94. The zero-order chi connectivity index (χ0) is 12.5. The van der Waals surface area contributed by atoms with Crippen molar-refractivity contribution < 1.29 is 9.53 Å². The Morgan fingerprint density at radius 2 is 1.94 bits per heavy atom. The Bertz CT molecular complexity index is 283. The summed E-state index contributed by atoms with van der Waals surface area (Å²) in [6.07, 6.45) is 6.76. The van der Waals surface area contributed by atoms with Crippen LogP contribution in [0.2, 0.25) is 0 Å². The van der Waals surface area contributed by atoms with E-state index in [-0.39, 0.29) is 17.0 Å². The quantitative estimate of drug-likeness (QED) is 0.753. The van der Waals surface area contributed by atoms with Gasteiger partial charge >= 0.3 is 5.97 Å².